The summed E-state index contributed by atoms with van der Waals surface area (Å²) < 4.78 is 5.15. The molecule has 96 valence electrons. The average molecular weight is 236 g/mol. The lowest BCUT2D eigenvalue weighted by molar-refractivity contribution is 0.125. The lowest BCUT2D eigenvalue weighted by Crippen LogP contribution is -2.36. The molecule has 1 atom stereocenters. The quantitative estimate of drug-likeness (QED) is 0.786. The fourth-order valence-corrected chi connectivity index (χ4v) is 2.18. The van der Waals surface area contributed by atoms with Crippen LogP contribution in [0.15, 0.2) is 24.3 Å². The van der Waals surface area contributed by atoms with Gasteiger partial charge in [0.25, 0.3) is 0 Å². The first-order chi connectivity index (χ1) is 8.24. The summed E-state index contributed by atoms with van der Waals surface area (Å²) in [4.78, 5) is 2.37. The van der Waals surface area contributed by atoms with Crippen LogP contribution in [-0.2, 0) is 4.74 Å². The van der Waals surface area contributed by atoms with Gasteiger partial charge in [-0.1, -0.05) is 31.2 Å². The second-order valence-corrected chi connectivity index (χ2v) is 4.23. The van der Waals surface area contributed by atoms with Crippen molar-refractivity contribution in [3.63, 3.8) is 0 Å². The highest BCUT2D eigenvalue weighted by atomic mass is 16.5. The fraction of sp³-hybridized carbons (Fsp3) is 0.571. The van der Waals surface area contributed by atoms with Crippen molar-refractivity contribution in [3.05, 3.63) is 35.4 Å². The van der Waals surface area contributed by atoms with Crippen LogP contribution in [0.5, 0.6) is 0 Å². The summed E-state index contributed by atoms with van der Waals surface area (Å²) in [5.41, 5.74) is 8.57. The largest absolute Gasteiger partial charge is 0.383 e. The molecule has 3 nitrogen and oxygen atoms in total. The van der Waals surface area contributed by atoms with E-state index in [0.717, 1.165) is 19.7 Å². The summed E-state index contributed by atoms with van der Waals surface area (Å²) >= 11 is 0. The third-order valence-electron chi connectivity index (χ3n) is 3.20. The molecular formula is C14H24N2O. The fourth-order valence-electron chi connectivity index (χ4n) is 2.18. The third kappa shape index (κ3) is 3.80. The summed E-state index contributed by atoms with van der Waals surface area (Å²) in [6.45, 7) is 7.60. The van der Waals surface area contributed by atoms with E-state index in [1.165, 1.54) is 11.1 Å². The van der Waals surface area contributed by atoms with E-state index in [-0.39, 0.29) is 6.04 Å². The second kappa shape index (κ2) is 7.43. The molecule has 0 fully saturated rings. The van der Waals surface area contributed by atoms with Gasteiger partial charge in [0.15, 0.2) is 0 Å². The van der Waals surface area contributed by atoms with Gasteiger partial charge in [-0.2, -0.15) is 0 Å². The molecule has 0 aliphatic carbocycles. The molecule has 3 heteroatoms. The van der Waals surface area contributed by atoms with Gasteiger partial charge in [0, 0.05) is 26.2 Å². The number of likely N-dealkylation sites (N-methyl/N-ethyl adjacent to an activating group) is 1. The summed E-state index contributed by atoms with van der Waals surface area (Å²) in [6, 6.07) is 8.74. The van der Waals surface area contributed by atoms with Gasteiger partial charge in [-0.15, -0.1) is 0 Å². The van der Waals surface area contributed by atoms with E-state index in [0.29, 0.717) is 6.54 Å². The van der Waals surface area contributed by atoms with Crippen LogP contribution < -0.4 is 5.73 Å². The smallest absolute Gasteiger partial charge is 0.0589 e. The Morgan fingerprint density at radius 2 is 2.06 bits per heavy atom. The van der Waals surface area contributed by atoms with E-state index < -0.39 is 0 Å². The summed E-state index contributed by atoms with van der Waals surface area (Å²) in [5.74, 6) is 0. The highest BCUT2D eigenvalue weighted by Gasteiger charge is 2.18. The Hall–Kier alpha value is -0.900. The average Bonchev–Trinajstić information content (AvgIpc) is 2.36. The Morgan fingerprint density at radius 3 is 2.59 bits per heavy atom. The van der Waals surface area contributed by atoms with Crippen molar-refractivity contribution < 1.29 is 4.74 Å². The molecule has 1 unspecified atom stereocenters. The number of nitrogens with zero attached hydrogens (tertiary/aromatic N) is 1. The summed E-state index contributed by atoms with van der Waals surface area (Å²) in [6.07, 6.45) is 0. The molecule has 17 heavy (non-hydrogen) atoms. The molecule has 2 N–H and O–H groups in total. The Balaban J connectivity index is 2.85. The van der Waals surface area contributed by atoms with E-state index in [9.17, 15) is 0 Å². The maximum atomic E-state index is 5.94. The van der Waals surface area contributed by atoms with Gasteiger partial charge in [-0.3, -0.25) is 4.90 Å². The molecule has 1 aromatic carbocycles. The molecule has 0 radical (unpaired) electrons. The predicted molar refractivity (Wildman–Crippen MR) is 72.1 cm³/mol. The maximum absolute atomic E-state index is 5.94. The molecule has 1 aromatic rings. The zero-order valence-corrected chi connectivity index (χ0v) is 11.1. The molecule has 0 aromatic heterocycles. The highest BCUT2D eigenvalue weighted by Crippen LogP contribution is 2.22. The summed E-state index contributed by atoms with van der Waals surface area (Å²) in [7, 11) is 1.74. The van der Waals surface area contributed by atoms with Gasteiger partial charge >= 0.3 is 0 Å². The van der Waals surface area contributed by atoms with Crippen molar-refractivity contribution in [2.75, 3.05) is 33.4 Å². The monoisotopic (exact) mass is 236 g/mol. The van der Waals surface area contributed by atoms with E-state index in [2.05, 4.69) is 43.0 Å². The van der Waals surface area contributed by atoms with Crippen LogP contribution in [0.1, 0.15) is 24.1 Å². The highest BCUT2D eigenvalue weighted by molar-refractivity contribution is 5.29. The minimum absolute atomic E-state index is 0.288. The van der Waals surface area contributed by atoms with E-state index in [1.807, 2.05) is 0 Å². The number of hydrogen-bond donors (Lipinski definition) is 1. The molecular weight excluding hydrogens is 212 g/mol. The Labute approximate surface area is 105 Å². The van der Waals surface area contributed by atoms with Crippen molar-refractivity contribution in [3.8, 4) is 0 Å². The van der Waals surface area contributed by atoms with Gasteiger partial charge in [0.05, 0.1) is 6.61 Å². The van der Waals surface area contributed by atoms with Gasteiger partial charge in [-0.25, -0.2) is 0 Å². The number of methoxy groups -OCH3 is 1. The van der Waals surface area contributed by atoms with Crippen LogP contribution in [0.4, 0.5) is 0 Å². The van der Waals surface area contributed by atoms with E-state index in [4.69, 9.17) is 10.5 Å². The molecule has 0 saturated heterocycles. The molecule has 0 amide bonds. The molecule has 0 saturated carbocycles. The molecule has 0 spiro atoms. The zero-order valence-electron chi connectivity index (χ0n) is 11.1. The Bertz CT molecular complexity index is 328. The first-order valence-corrected chi connectivity index (χ1v) is 6.23. The van der Waals surface area contributed by atoms with Gasteiger partial charge in [0.1, 0.15) is 0 Å². The van der Waals surface area contributed by atoms with Crippen LogP contribution in [0.2, 0.25) is 0 Å². The van der Waals surface area contributed by atoms with Crippen LogP contribution in [0.3, 0.4) is 0 Å². The van der Waals surface area contributed by atoms with Gasteiger partial charge in [0.2, 0.25) is 0 Å². The van der Waals surface area contributed by atoms with E-state index in [1.54, 1.807) is 7.11 Å². The molecule has 0 heterocycles. The van der Waals surface area contributed by atoms with Gasteiger partial charge in [-0.05, 0) is 24.6 Å². The zero-order chi connectivity index (χ0) is 12.7. The van der Waals surface area contributed by atoms with Crippen LogP contribution in [-0.4, -0.2) is 38.3 Å². The lowest BCUT2D eigenvalue weighted by atomic mass is 10.00. The standard InChI is InChI=1S/C14H24N2O/c1-4-16(9-10-17-3)14(11-15)13-8-6-5-7-12(13)2/h5-8,14H,4,9-11,15H2,1-3H3. The first kappa shape index (κ1) is 14.2. The van der Waals surface area contributed by atoms with Crippen molar-refractivity contribution >= 4 is 0 Å². The summed E-state index contributed by atoms with van der Waals surface area (Å²) in [5, 5.41) is 0. The number of hydrogen-bond acceptors (Lipinski definition) is 3. The Morgan fingerprint density at radius 1 is 1.35 bits per heavy atom. The van der Waals surface area contributed by atoms with Crippen molar-refractivity contribution in [2.45, 2.75) is 19.9 Å². The second-order valence-electron chi connectivity index (χ2n) is 4.23. The number of nitrogens with two attached hydrogens (primary N) is 1. The first-order valence-electron chi connectivity index (χ1n) is 6.23. The molecule has 1 rings (SSSR count). The SMILES string of the molecule is CCN(CCOC)C(CN)c1ccccc1C. The van der Waals surface area contributed by atoms with E-state index >= 15 is 0 Å². The number of ether oxygens (including phenoxy) is 1. The minimum Gasteiger partial charge on any atom is -0.383 e. The number of rotatable bonds is 7. The van der Waals surface area contributed by atoms with Crippen LogP contribution in [0.25, 0.3) is 0 Å². The van der Waals surface area contributed by atoms with Crippen LogP contribution >= 0.6 is 0 Å². The lowest BCUT2D eigenvalue weighted by Gasteiger charge is -2.30. The molecule has 0 aliphatic heterocycles. The number of aryl methyl sites for hydroxylation is 1. The topological polar surface area (TPSA) is 38.5 Å². The van der Waals surface area contributed by atoms with Crippen molar-refractivity contribution in [1.82, 2.24) is 4.90 Å². The Kier molecular flexibility index (Phi) is 6.19. The van der Waals surface area contributed by atoms with Crippen LogP contribution in [0, 0.1) is 6.92 Å². The maximum Gasteiger partial charge on any atom is 0.0589 e. The van der Waals surface area contributed by atoms with Crippen molar-refractivity contribution in [2.24, 2.45) is 5.73 Å². The predicted octanol–water partition coefficient (Wildman–Crippen LogP) is 1.96. The van der Waals surface area contributed by atoms with Gasteiger partial charge < -0.3 is 10.5 Å². The third-order valence-corrected chi connectivity index (χ3v) is 3.20. The minimum atomic E-state index is 0.288. The number of benzene rings is 1. The molecule has 0 aliphatic rings. The molecule has 0 bridgehead atoms. The normalized spacial score (nSPS) is 13.0. The van der Waals surface area contributed by atoms with Crippen molar-refractivity contribution in [1.29, 1.82) is 0 Å².